The Balaban J connectivity index is 1.36. The minimum absolute atomic E-state index is 0.116. The van der Waals surface area contributed by atoms with Crippen LogP contribution in [-0.2, 0) is 9.59 Å². The fraction of sp³-hybridized carbons (Fsp3) is 0.0571. The highest BCUT2D eigenvalue weighted by molar-refractivity contribution is 8.00. The summed E-state index contributed by atoms with van der Waals surface area (Å²) in [7, 11) is 0. The molecule has 0 aliphatic rings. The van der Waals surface area contributed by atoms with Gasteiger partial charge in [-0.05, 0) is 82.9 Å². The number of rotatable bonds is 10. The van der Waals surface area contributed by atoms with E-state index in [9.17, 15) is 14.4 Å². The number of amides is 3. The maximum atomic E-state index is 13.5. The van der Waals surface area contributed by atoms with Gasteiger partial charge in [-0.2, -0.15) is 11.3 Å². The summed E-state index contributed by atoms with van der Waals surface area (Å²) in [4.78, 5) is 40.7. The molecule has 214 valence electrons. The predicted molar refractivity (Wildman–Crippen MR) is 176 cm³/mol. The standard InChI is InChI=1S/C35H29N3O3S2/c1-24-11-8-9-18-30(24)37-35(41)32(26-12-4-2-5-13-26)43-29-17-10-16-28(22-29)36-34(40)31(21-25-19-20-42-23-25)38-33(39)27-14-6-3-7-15-27/h2-23,32H,1H3,(H,36,40)(H,37,41)(H,38,39)/b31-21-. The molecule has 1 unspecified atom stereocenters. The SMILES string of the molecule is Cc1ccccc1NC(=O)C(Sc1cccc(NC(=O)/C(=C/c2ccsc2)NC(=O)c2ccccc2)c1)c1ccccc1. The van der Waals surface area contributed by atoms with Gasteiger partial charge in [-0.3, -0.25) is 14.4 Å². The molecule has 0 radical (unpaired) electrons. The number of hydrogen-bond donors (Lipinski definition) is 3. The maximum Gasteiger partial charge on any atom is 0.272 e. The molecule has 0 spiro atoms. The second kappa shape index (κ2) is 14.3. The Labute approximate surface area is 258 Å². The third-order valence-corrected chi connectivity index (χ3v) is 8.42. The number of thiophene rings is 1. The quantitative estimate of drug-likeness (QED) is 0.112. The Morgan fingerprint density at radius 2 is 1.51 bits per heavy atom. The van der Waals surface area contributed by atoms with Crippen LogP contribution in [0.1, 0.15) is 32.3 Å². The van der Waals surface area contributed by atoms with Crippen molar-refractivity contribution in [2.75, 3.05) is 10.6 Å². The first-order valence-electron chi connectivity index (χ1n) is 13.6. The van der Waals surface area contributed by atoms with Crippen molar-refractivity contribution < 1.29 is 14.4 Å². The molecular weight excluding hydrogens is 575 g/mol. The van der Waals surface area contributed by atoms with Gasteiger partial charge in [0, 0.05) is 21.8 Å². The Kier molecular flexibility index (Phi) is 9.84. The van der Waals surface area contributed by atoms with Crippen LogP contribution in [0.2, 0.25) is 0 Å². The fourth-order valence-corrected chi connectivity index (χ4v) is 5.96. The molecule has 0 aliphatic carbocycles. The highest BCUT2D eigenvalue weighted by Crippen LogP contribution is 2.37. The van der Waals surface area contributed by atoms with E-state index in [0.717, 1.165) is 27.3 Å². The van der Waals surface area contributed by atoms with Crippen LogP contribution in [-0.4, -0.2) is 17.7 Å². The summed E-state index contributed by atoms with van der Waals surface area (Å²) in [6.45, 7) is 1.95. The second-order valence-electron chi connectivity index (χ2n) is 9.63. The first-order valence-corrected chi connectivity index (χ1v) is 15.4. The van der Waals surface area contributed by atoms with E-state index in [1.807, 2.05) is 103 Å². The molecule has 1 heterocycles. The second-order valence-corrected chi connectivity index (χ2v) is 11.6. The molecule has 0 fully saturated rings. The molecular formula is C35H29N3O3S2. The summed E-state index contributed by atoms with van der Waals surface area (Å²) in [5.74, 6) is -0.994. The van der Waals surface area contributed by atoms with Crippen molar-refractivity contribution in [2.24, 2.45) is 0 Å². The van der Waals surface area contributed by atoms with Gasteiger partial charge in [0.25, 0.3) is 11.8 Å². The molecule has 1 aromatic heterocycles. The summed E-state index contributed by atoms with van der Waals surface area (Å²) in [5.41, 5.74) is 4.49. The number of aryl methyl sites for hydroxylation is 1. The first kappa shape index (κ1) is 29.6. The lowest BCUT2D eigenvalue weighted by atomic mass is 10.1. The molecule has 3 amide bonds. The van der Waals surface area contributed by atoms with Crippen LogP contribution >= 0.6 is 23.1 Å². The van der Waals surface area contributed by atoms with Crippen molar-refractivity contribution in [2.45, 2.75) is 17.1 Å². The van der Waals surface area contributed by atoms with Crippen LogP contribution in [0, 0.1) is 6.92 Å². The number of carbonyl (C=O) groups excluding carboxylic acids is 3. The Morgan fingerprint density at radius 1 is 0.791 bits per heavy atom. The molecule has 6 nitrogen and oxygen atoms in total. The molecule has 5 rings (SSSR count). The van der Waals surface area contributed by atoms with E-state index in [1.165, 1.54) is 23.1 Å². The van der Waals surface area contributed by atoms with Gasteiger partial charge in [0.05, 0.1) is 0 Å². The summed E-state index contributed by atoms with van der Waals surface area (Å²) >= 11 is 2.89. The average Bonchev–Trinajstić information content (AvgIpc) is 3.55. The van der Waals surface area contributed by atoms with Crippen LogP contribution < -0.4 is 16.0 Å². The van der Waals surface area contributed by atoms with E-state index in [-0.39, 0.29) is 17.5 Å². The third-order valence-electron chi connectivity index (χ3n) is 6.47. The average molecular weight is 604 g/mol. The first-order chi connectivity index (χ1) is 21.0. The van der Waals surface area contributed by atoms with Gasteiger partial charge in [0.2, 0.25) is 5.91 Å². The minimum Gasteiger partial charge on any atom is -0.325 e. The number of hydrogen-bond acceptors (Lipinski definition) is 5. The van der Waals surface area contributed by atoms with Crippen LogP contribution in [0.3, 0.4) is 0 Å². The lowest BCUT2D eigenvalue weighted by Crippen LogP contribution is -2.30. The van der Waals surface area contributed by atoms with Crippen molar-refractivity contribution in [1.82, 2.24) is 5.32 Å². The van der Waals surface area contributed by atoms with Crippen molar-refractivity contribution in [3.63, 3.8) is 0 Å². The summed E-state index contributed by atoms with van der Waals surface area (Å²) < 4.78 is 0. The van der Waals surface area contributed by atoms with Gasteiger partial charge in [-0.25, -0.2) is 0 Å². The fourth-order valence-electron chi connectivity index (χ4n) is 4.26. The van der Waals surface area contributed by atoms with Crippen molar-refractivity contribution in [3.8, 4) is 0 Å². The molecule has 5 aromatic rings. The molecule has 0 saturated heterocycles. The Hall–Kier alpha value is -4.92. The van der Waals surface area contributed by atoms with E-state index in [2.05, 4.69) is 16.0 Å². The highest BCUT2D eigenvalue weighted by Gasteiger charge is 2.23. The van der Waals surface area contributed by atoms with Crippen LogP contribution in [0.4, 0.5) is 11.4 Å². The Bertz CT molecular complexity index is 1740. The van der Waals surface area contributed by atoms with Crippen molar-refractivity contribution in [1.29, 1.82) is 0 Å². The zero-order valence-corrected chi connectivity index (χ0v) is 25.0. The van der Waals surface area contributed by atoms with Crippen LogP contribution in [0.15, 0.2) is 137 Å². The lowest BCUT2D eigenvalue weighted by Gasteiger charge is -2.18. The zero-order valence-electron chi connectivity index (χ0n) is 23.3. The van der Waals surface area contributed by atoms with Gasteiger partial charge < -0.3 is 16.0 Å². The van der Waals surface area contributed by atoms with E-state index >= 15 is 0 Å². The maximum absolute atomic E-state index is 13.5. The van der Waals surface area contributed by atoms with E-state index in [0.29, 0.717) is 11.3 Å². The predicted octanol–water partition coefficient (Wildman–Crippen LogP) is 7.94. The van der Waals surface area contributed by atoms with Crippen LogP contribution in [0.5, 0.6) is 0 Å². The Morgan fingerprint density at radius 3 is 2.23 bits per heavy atom. The molecule has 4 aromatic carbocycles. The van der Waals surface area contributed by atoms with E-state index in [4.69, 9.17) is 0 Å². The number of carbonyl (C=O) groups is 3. The lowest BCUT2D eigenvalue weighted by molar-refractivity contribution is -0.116. The third kappa shape index (κ3) is 8.09. The van der Waals surface area contributed by atoms with Gasteiger partial charge in [0.1, 0.15) is 10.9 Å². The summed E-state index contributed by atoms with van der Waals surface area (Å²) in [6, 6.07) is 35.2. The normalized spacial score (nSPS) is 11.8. The number of thioether (sulfide) groups is 1. The molecule has 0 saturated carbocycles. The van der Waals surface area contributed by atoms with Gasteiger partial charge in [-0.1, -0.05) is 72.8 Å². The smallest absolute Gasteiger partial charge is 0.272 e. The molecule has 1 atom stereocenters. The van der Waals surface area contributed by atoms with Gasteiger partial charge in [0.15, 0.2) is 0 Å². The van der Waals surface area contributed by atoms with Gasteiger partial charge >= 0.3 is 0 Å². The number of benzene rings is 4. The minimum atomic E-state index is -0.536. The topological polar surface area (TPSA) is 87.3 Å². The molecule has 0 bridgehead atoms. The molecule has 8 heteroatoms. The van der Waals surface area contributed by atoms with Crippen LogP contribution in [0.25, 0.3) is 6.08 Å². The zero-order chi connectivity index (χ0) is 30.0. The number of anilines is 2. The number of nitrogens with one attached hydrogen (secondary N) is 3. The van der Waals surface area contributed by atoms with Gasteiger partial charge in [-0.15, -0.1) is 11.8 Å². The molecule has 3 N–H and O–H groups in total. The number of para-hydroxylation sites is 1. The molecule has 0 aliphatic heterocycles. The van der Waals surface area contributed by atoms with E-state index < -0.39 is 11.2 Å². The molecule has 43 heavy (non-hydrogen) atoms. The van der Waals surface area contributed by atoms with Crippen molar-refractivity contribution in [3.05, 3.63) is 154 Å². The monoisotopic (exact) mass is 603 g/mol. The summed E-state index contributed by atoms with van der Waals surface area (Å²) in [5, 5.41) is 12.0. The summed E-state index contributed by atoms with van der Waals surface area (Å²) in [6.07, 6.45) is 1.65. The van der Waals surface area contributed by atoms with Crippen molar-refractivity contribution >= 4 is 58.3 Å². The van der Waals surface area contributed by atoms with E-state index in [1.54, 1.807) is 36.4 Å². The highest BCUT2D eigenvalue weighted by atomic mass is 32.2. The largest absolute Gasteiger partial charge is 0.325 e.